The molecule has 0 saturated heterocycles. The summed E-state index contributed by atoms with van der Waals surface area (Å²) in [4.78, 5) is 10.4. The summed E-state index contributed by atoms with van der Waals surface area (Å²) in [6.07, 6.45) is 0.625. The van der Waals surface area contributed by atoms with E-state index < -0.39 is 11.6 Å². The van der Waals surface area contributed by atoms with Gasteiger partial charge >= 0.3 is 5.97 Å². The van der Waals surface area contributed by atoms with Crippen molar-refractivity contribution in [1.82, 2.24) is 0 Å². The summed E-state index contributed by atoms with van der Waals surface area (Å²) in [6, 6.07) is 0. The van der Waals surface area contributed by atoms with Crippen molar-refractivity contribution in [2.75, 3.05) is 18.1 Å². The summed E-state index contributed by atoms with van der Waals surface area (Å²) >= 11 is 1.32. The molecule has 0 aliphatic rings. The molecule has 1 unspecified atom stereocenters. The van der Waals surface area contributed by atoms with Gasteiger partial charge in [0.15, 0.2) is 5.60 Å². The number of aliphatic carboxylic acids is 1. The molecule has 0 aliphatic heterocycles. The second-order valence-electron chi connectivity index (χ2n) is 2.71. The molecule has 0 bridgehead atoms. The van der Waals surface area contributed by atoms with Gasteiger partial charge in [0, 0.05) is 12.4 Å². The molecule has 0 saturated carbocycles. The quantitative estimate of drug-likeness (QED) is 0.516. The van der Waals surface area contributed by atoms with E-state index in [2.05, 4.69) is 0 Å². The maximum absolute atomic E-state index is 10.4. The summed E-state index contributed by atoms with van der Waals surface area (Å²) in [5.74, 6) is -0.388. The monoisotopic (exact) mass is 194 g/mol. The fraction of sp³-hybridized carbons (Fsp3) is 0.857. The average Bonchev–Trinajstić information content (AvgIpc) is 1.98. The Bertz CT molecular complexity index is 146. The van der Waals surface area contributed by atoms with Gasteiger partial charge in [-0.1, -0.05) is 0 Å². The SMILES string of the molecule is CC(O)(CSCCCO)C(=O)O. The highest BCUT2D eigenvalue weighted by Gasteiger charge is 2.29. The number of hydrogen-bond acceptors (Lipinski definition) is 4. The van der Waals surface area contributed by atoms with E-state index >= 15 is 0 Å². The van der Waals surface area contributed by atoms with Crippen LogP contribution in [0.4, 0.5) is 0 Å². The third kappa shape index (κ3) is 4.58. The molecule has 4 nitrogen and oxygen atoms in total. The highest BCUT2D eigenvalue weighted by atomic mass is 32.2. The van der Waals surface area contributed by atoms with Crippen molar-refractivity contribution < 1.29 is 20.1 Å². The predicted octanol–water partition coefficient (Wildman–Crippen LogP) is -0.0624. The number of aliphatic hydroxyl groups is 2. The summed E-state index contributed by atoms with van der Waals surface area (Å²) < 4.78 is 0. The Kier molecular flexibility index (Phi) is 5.28. The van der Waals surface area contributed by atoms with E-state index in [1.54, 1.807) is 0 Å². The fourth-order valence-electron chi connectivity index (χ4n) is 0.499. The fourth-order valence-corrected chi connectivity index (χ4v) is 1.50. The van der Waals surface area contributed by atoms with Crippen molar-refractivity contribution in [3.63, 3.8) is 0 Å². The topological polar surface area (TPSA) is 77.8 Å². The van der Waals surface area contributed by atoms with E-state index in [9.17, 15) is 9.90 Å². The number of carboxylic acid groups (broad SMARTS) is 1. The van der Waals surface area contributed by atoms with Crippen LogP contribution in [-0.4, -0.2) is 45.0 Å². The number of thioether (sulfide) groups is 1. The van der Waals surface area contributed by atoms with E-state index in [1.165, 1.54) is 18.7 Å². The van der Waals surface area contributed by atoms with Crippen molar-refractivity contribution in [3.05, 3.63) is 0 Å². The van der Waals surface area contributed by atoms with Crippen molar-refractivity contribution in [3.8, 4) is 0 Å². The van der Waals surface area contributed by atoms with E-state index in [0.29, 0.717) is 12.2 Å². The number of carbonyl (C=O) groups is 1. The average molecular weight is 194 g/mol. The van der Waals surface area contributed by atoms with Crippen LogP contribution in [0.2, 0.25) is 0 Å². The molecule has 0 heterocycles. The third-order valence-electron chi connectivity index (χ3n) is 1.29. The molecule has 0 spiro atoms. The lowest BCUT2D eigenvalue weighted by Crippen LogP contribution is -2.37. The van der Waals surface area contributed by atoms with Crippen molar-refractivity contribution in [2.45, 2.75) is 18.9 Å². The standard InChI is InChI=1S/C7H14O4S/c1-7(11,6(9)10)5-12-4-2-3-8/h8,11H,2-5H2,1H3,(H,9,10). The van der Waals surface area contributed by atoms with Gasteiger partial charge in [0.1, 0.15) is 0 Å². The van der Waals surface area contributed by atoms with Gasteiger partial charge < -0.3 is 15.3 Å². The zero-order valence-electron chi connectivity index (χ0n) is 6.99. The Morgan fingerprint density at radius 1 is 1.58 bits per heavy atom. The van der Waals surface area contributed by atoms with Crippen LogP contribution in [0.3, 0.4) is 0 Å². The maximum atomic E-state index is 10.4. The molecule has 0 aromatic rings. The Balaban J connectivity index is 3.54. The molecular weight excluding hydrogens is 180 g/mol. The molecule has 0 rings (SSSR count). The highest BCUT2D eigenvalue weighted by Crippen LogP contribution is 2.13. The molecule has 0 aromatic heterocycles. The maximum Gasteiger partial charge on any atom is 0.336 e. The number of aliphatic hydroxyl groups excluding tert-OH is 1. The molecule has 0 aliphatic carbocycles. The molecule has 72 valence electrons. The Hall–Kier alpha value is -0.260. The van der Waals surface area contributed by atoms with Gasteiger partial charge in [0.05, 0.1) is 0 Å². The van der Waals surface area contributed by atoms with Gasteiger partial charge in [0.2, 0.25) is 0 Å². The van der Waals surface area contributed by atoms with Crippen LogP contribution in [0.1, 0.15) is 13.3 Å². The van der Waals surface area contributed by atoms with Gasteiger partial charge in [-0.3, -0.25) is 0 Å². The second-order valence-corrected chi connectivity index (χ2v) is 3.81. The first-order valence-corrected chi connectivity index (χ1v) is 4.80. The van der Waals surface area contributed by atoms with Gasteiger partial charge in [-0.25, -0.2) is 4.79 Å². The first kappa shape index (κ1) is 11.7. The summed E-state index contributed by atoms with van der Waals surface area (Å²) in [5, 5.41) is 26.1. The van der Waals surface area contributed by atoms with Crippen LogP contribution in [-0.2, 0) is 4.79 Å². The largest absolute Gasteiger partial charge is 0.479 e. The van der Waals surface area contributed by atoms with Crippen LogP contribution in [0.15, 0.2) is 0 Å². The highest BCUT2D eigenvalue weighted by molar-refractivity contribution is 7.99. The van der Waals surface area contributed by atoms with E-state index in [-0.39, 0.29) is 12.4 Å². The van der Waals surface area contributed by atoms with Crippen LogP contribution in [0, 0.1) is 0 Å². The molecule has 1 atom stereocenters. The molecule has 0 fully saturated rings. The van der Waals surface area contributed by atoms with E-state index in [1.807, 2.05) is 0 Å². The van der Waals surface area contributed by atoms with Gasteiger partial charge in [-0.05, 0) is 19.1 Å². The lowest BCUT2D eigenvalue weighted by molar-refractivity contribution is -0.154. The molecule has 0 aromatic carbocycles. The van der Waals surface area contributed by atoms with Gasteiger partial charge in [-0.2, -0.15) is 11.8 Å². The smallest absolute Gasteiger partial charge is 0.336 e. The first-order chi connectivity index (χ1) is 5.50. The normalized spacial score (nSPS) is 15.6. The van der Waals surface area contributed by atoms with Crippen molar-refractivity contribution >= 4 is 17.7 Å². The van der Waals surface area contributed by atoms with Crippen LogP contribution < -0.4 is 0 Å². The Labute approximate surface area is 75.6 Å². The zero-order valence-corrected chi connectivity index (χ0v) is 7.80. The minimum absolute atomic E-state index is 0.0994. The molecule has 0 amide bonds. The van der Waals surface area contributed by atoms with Crippen LogP contribution in [0.5, 0.6) is 0 Å². The van der Waals surface area contributed by atoms with Crippen molar-refractivity contribution in [2.24, 2.45) is 0 Å². The first-order valence-electron chi connectivity index (χ1n) is 3.65. The molecular formula is C7H14O4S. The minimum atomic E-state index is -1.65. The number of carboxylic acids is 1. The minimum Gasteiger partial charge on any atom is -0.479 e. The third-order valence-corrected chi connectivity index (χ3v) is 2.63. The van der Waals surface area contributed by atoms with Crippen LogP contribution in [0.25, 0.3) is 0 Å². The van der Waals surface area contributed by atoms with Crippen molar-refractivity contribution in [1.29, 1.82) is 0 Å². The zero-order chi connectivity index (χ0) is 9.61. The molecule has 3 N–H and O–H groups in total. The summed E-state index contributed by atoms with van der Waals surface area (Å²) in [5.41, 5.74) is -1.65. The van der Waals surface area contributed by atoms with E-state index in [0.717, 1.165) is 0 Å². The second kappa shape index (κ2) is 5.40. The van der Waals surface area contributed by atoms with Gasteiger partial charge in [0.25, 0.3) is 0 Å². The van der Waals surface area contributed by atoms with E-state index in [4.69, 9.17) is 10.2 Å². The lowest BCUT2D eigenvalue weighted by Gasteiger charge is -2.16. The summed E-state index contributed by atoms with van der Waals surface area (Å²) in [7, 11) is 0. The molecule has 12 heavy (non-hydrogen) atoms. The number of rotatable bonds is 6. The predicted molar refractivity (Wildman–Crippen MR) is 47.3 cm³/mol. The summed E-state index contributed by atoms with van der Waals surface area (Å²) in [6.45, 7) is 1.36. The number of hydrogen-bond donors (Lipinski definition) is 3. The molecule has 0 radical (unpaired) electrons. The lowest BCUT2D eigenvalue weighted by atomic mass is 10.1. The Morgan fingerprint density at radius 2 is 2.17 bits per heavy atom. The molecule has 5 heteroatoms. The Morgan fingerprint density at radius 3 is 2.58 bits per heavy atom. The van der Waals surface area contributed by atoms with Crippen LogP contribution >= 0.6 is 11.8 Å². The van der Waals surface area contributed by atoms with Gasteiger partial charge in [-0.15, -0.1) is 0 Å².